The van der Waals surface area contributed by atoms with Crippen LogP contribution in [0.2, 0.25) is 0 Å². The Morgan fingerprint density at radius 2 is 1.70 bits per heavy atom. The minimum atomic E-state index is -1.21. The van der Waals surface area contributed by atoms with E-state index < -0.39 is 34.8 Å². The van der Waals surface area contributed by atoms with Gasteiger partial charge < -0.3 is 14.8 Å². The lowest BCUT2D eigenvalue weighted by Gasteiger charge is -2.17. The molecule has 0 spiro atoms. The summed E-state index contributed by atoms with van der Waals surface area (Å²) in [6.07, 6.45) is -2.26. The van der Waals surface area contributed by atoms with Gasteiger partial charge in [-0.1, -0.05) is 12.1 Å². The number of anilines is 1. The third-order valence-electron chi connectivity index (χ3n) is 3.48. The molecule has 0 aliphatic heterocycles. The van der Waals surface area contributed by atoms with Crippen molar-refractivity contribution < 1.29 is 28.4 Å². The lowest BCUT2D eigenvalue weighted by molar-refractivity contribution is -0.383. The fourth-order valence-electron chi connectivity index (χ4n) is 2.06. The molecule has 0 aliphatic carbocycles. The van der Waals surface area contributed by atoms with Crippen LogP contribution in [0.5, 0.6) is 5.75 Å². The highest BCUT2D eigenvalue weighted by Crippen LogP contribution is 2.23. The van der Waals surface area contributed by atoms with Crippen molar-refractivity contribution in [1.29, 1.82) is 0 Å². The largest absolute Gasteiger partial charge is 0.479 e. The number of ether oxygens (including phenoxy) is 2. The number of rotatable bonds is 7. The summed E-state index contributed by atoms with van der Waals surface area (Å²) >= 11 is 0. The van der Waals surface area contributed by atoms with Crippen LogP contribution in [-0.2, 0) is 14.3 Å². The molecule has 2 rings (SSSR count). The molecule has 0 radical (unpaired) electrons. The predicted molar refractivity (Wildman–Crippen MR) is 93.8 cm³/mol. The molecule has 1 amide bonds. The fourth-order valence-corrected chi connectivity index (χ4v) is 2.06. The van der Waals surface area contributed by atoms with Crippen LogP contribution in [-0.4, -0.2) is 29.0 Å². The standard InChI is InChI=1S/C18H17FN2O6/c1-11(17(22)20-15-5-3-4-6-16(15)21(24)25)27-18(23)12(2)26-14-9-7-13(19)8-10-14/h3-12H,1-2H3,(H,20,22)/t11-,12-/m0/s1. The van der Waals surface area contributed by atoms with E-state index in [-0.39, 0.29) is 17.1 Å². The zero-order valence-corrected chi connectivity index (χ0v) is 14.5. The van der Waals surface area contributed by atoms with Gasteiger partial charge in [0, 0.05) is 6.07 Å². The average Bonchev–Trinajstić information content (AvgIpc) is 2.63. The van der Waals surface area contributed by atoms with Crippen molar-refractivity contribution in [2.45, 2.75) is 26.1 Å². The van der Waals surface area contributed by atoms with E-state index in [1.54, 1.807) is 0 Å². The molecule has 0 saturated heterocycles. The minimum Gasteiger partial charge on any atom is -0.479 e. The molecule has 0 aliphatic rings. The van der Waals surface area contributed by atoms with Crippen molar-refractivity contribution in [3.05, 3.63) is 64.5 Å². The van der Waals surface area contributed by atoms with Gasteiger partial charge in [0.1, 0.15) is 17.3 Å². The topological polar surface area (TPSA) is 108 Å². The number of para-hydroxylation sites is 2. The SMILES string of the molecule is C[C@H](OC(=O)[C@H](C)Oc1ccc(F)cc1)C(=O)Nc1ccccc1[N+](=O)[O-]. The maximum Gasteiger partial charge on any atom is 0.347 e. The number of halogens is 1. The molecule has 1 N–H and O–H groups in total. The molecular formula is C18H17FN2O6. The van der Waals surface area contributed by atoms with Gasteiger partial charge in [0.05, 0.1) is 4.92 Å². The number of nitro groups is 1. The first-order valence-corrected chi connectivity index (χ1v) is 7.95. The summed E-state index contributed by atoms with van der Waals surface area (Å²) in [5.41, 5.74) is -0.289. The summed E-state index contributed by atoms with van der Waals surface area (Å²) in [4.78, 5) is 34.5. The molecule has 9 heteroatoms. The van der Waals surface area contributed by atoms with Crippen molar-refractivity contribution in [3.63, 3.8) is 0 Å². The number of hydrogen-bond acceptors (Lipinski definition) is 6. The normalized spacial score (nSPS) is 12.6. The zero-order valence-electron chi connectivity index (χ0n) is 14.5. The summed E-state index contributed by atoms with van der Waals surface area (Å²) in [6, 6.07) is 10.7. The summed E-state index contributed by atoms with van der Waals surface area (Å²) in [6.45, 7) is 2.74. The molecule has 0 saturated carbocycles. The van der Waals surface area contributed by atoms with E-state index in [1.165, 1.54) is 62.4 Å². The monoisotopic (exact) mass is 376 g/mol. The van der Waals surface area contributed by atoms with Gasteiger partial charge in [0.15, 0.2) is 12.2 Å². The number of esters is 1. The van der Waals surface area contributed by atoms with Gasteiger partial charge in [-0.2, -0.15) is 0 Å². The Morgan fingerprint density at radius 3 is 2.33 bits per heavy atom. The molecule has 0 fully saturated rings. The molecule has 2 atom stereocenters. The van der Waals surface area contributed by atoms with Crippen LogP contribution in [0, 0.1) is 15.9 Å². The number of benzene rings is 2. The van der Waals surface area contributed by atoms with Crippen LogP contribution in [0.4, 0.5) is 15.8 Å². The van der Waals surface area contributed by atoms with Crippen molar-refractivity contribution in [3.8, 4) is 5.75 Å². The predicted octanol–water partition coefficient (Wildman–Crippen LogP) is 3.07. The molecular weight excluding hydrogens is 359 g/mol. The van der Waals surface area contributed by atoms with E-state index >= 15 is 0 Å². The molecule has 0 unspecified atom stereocenters. The van der Waals surface area contributed by atoms with Gasteiger partial charge in [0.2, 0.25) is 0 Å². The quantitative estimate of drug-likeness (QED) is 0.452. The summed E-state index contributed by atoms with van der Waals surface area (Å²) in [5.74, 6) is -1.73. The molecule has 142 valence electrons. The second kappa shape index (κ2) is 8.75. The molecule has 0 heterocycles. The van der Waals surface area contributed by atoms with Crippen molar-refractivity contribution in [2.24, 2.45) is 0 Å². The van der Waals surface area contributed by atoms with Gasteiger partial charge in [-0.3, -0.25) is 14.9 Å². The molecule has 2 aromatic carbocycles. The van der Waals surface area contributed by atoms with Crippen LogP contribution in [0.15, 0.2) is 48.5 Å². The van der Waals surface area contributed by atoms with E-state index in [9.17, 15) is 24.1 Å². The Hall–Kier alpha value is -3.49. The zero-order chi connectivity index (χ0) is 20.0. The first kappa shape index (κ1) is 19.8. The van der Waals surface area contributed by atoms with Crippen molar-refractivity contribution in [2.75, 3.05) is 5.32 Å². The number of carbonyl (C=O) groups is 2. The van der Waals surface area contributed by atoms with Crippen LogP contribution in [0.1, 0.15) is 13.8 Å². The van der Waals surface area contributed by atoms with Crippen LogP contribution in [0.3, 0.4) is 0 Å². The highest BCUT2D eigenvalue weighted by Gasteiger charge is 2.25. The summed E-state index contributed by atoms with van der Waals surface area (Å²) in [7, 11) is 0. The highest BCUT2D eigenvalue weighted by atomic mass is 19.1. The van der Waals surface area contributed by atoms with Gasteiger partial charge in [-0.15, -0.1) is 0 Å². The molecule has 8 nitrogen and oxygen atoms in total. The second-order valence-electron chi connectivity index (χ2n) is 5.56. The number of carbonyl (C=O) groups excluding carboxylic acids is 2. The molecule has 2 aromatic rings. The Balaban J connectivity index is 1.94. The number of nitro benzene ring substituents is 1. The maximum absolute atomic E-state index is 12.9. The van der Waals surface area contributed by atoms with Crippen LogP contribution < -0.4 is 10.1 Å². The van der Waals surface area contributed by atoms with Crippen molar-refractivity contribution in [1.82, 2.24) is 0 Å². The van der Waals surface area contributed by atoms with E-state index in [2.05, 4.69) is 5.32 Å². The lowest BCUT2D eigenvalue weighted by Crippen LogP contribution is -2.35. The van der Waals surface area contributed by atoms with Crippen molar-refractivity contribution >= 4 is 23.3 Å². The fraction of sp³-hybridized carbons (Fsp3) is 0.222. The van der Waals surface area contributed by atoms with Gasteiger partial charge in [0.25, 0.3) is 11.6 Å². The van der Waals surface area contributed by atoms with Gasteiger partial charge in [-0.05, 0) is 44.2 Å². The average molecular weight is 376 g/mol. The summed E-state index contributed by atoms with van der Waals surface area (Å²) < 4.78 is 23.2. The second-order valence-corrected chi connectivity index (χ2v) is 5.56. The van der Waals surface area contributed by atoms with Crippen LogP contribution in [0.25, 0.3) is 0 Å². The van der Waals surface area contributed by atoms with Gasteiger partial charge in [-0.25, -0.2) is 9.18 Å². The number of nitrogens with one attached hydrogen (secondary N) is 1. The Kier molecular flexibility index (Phi) is 6.42. The highest BCUT2D eigenvalue weighted by molar-refractivity contribution is 5.97. The summed E-state index contributed by atoms with van der Waals surface area (Å²) in [5, 5.41) is 13.3. The number of hydrogen-bond donors (Lipinski definition) is 1. The minimum absolute atomic E-state index is 0.00832. The first-order chi connectivity index (χ1) is 12.8. The third kappa shape index (κ3) is 5.50. The number of amides is 1. The smallest absolute Gasteiger partial charge is 0.347 e. The molecule has 0 aromatic heterocycles. The Bertz CT molecular complexity index is 840. The third-order valence-corrected chi connectivity index (χ3v) is 3.48. The molecule has 0 bridgehead atoms. The lowest BCUT2D eigenvalue weighted by atomic mass is 10.2. The van der Waals surface area contributed by atoms with E-state index in [4.69, 9.17) is 9.47 Å². The first-order valence-electron chi connectivity index (χ1n) is 7.95. The van der Waals surface area contributed by atoms with E-state index in [0.29, 0.717) is 0 Å². The van der Waals surface area contributed by atoms with E-state index in [1.807, 2.05) is 0 Å². The van der Waals surface area contributed by atoms with E-state index in [0.717, 1.165) is 0 Å². The van der Waals surface area contributed by atoms with Crippen LogP contribution >= 0.6 is 0 Å². The Morgan fingerprint density at radius 1 is 1.07 bits per heavy atom. The maximum atomic E-state index is 12.9. The molecule has 27 heavy (non-hydrogen) atoms. The van der Waals surface area contributed by atoms with Gasteiger partial charge >= 0.3 is 5.97 Å². The number of nitrogens with zero attached hydrogens (tertiary/aromatic N) is 1. The Labute approximate surface area is 154 Å².